The third-order valence-electron chi connectivity index (χ3n) is 5.61. The highest BCUT2D eigenvalue weighted by atomic mass is 19.1. The lowest BCUT2D eigenvalue weighted by atomic mass is 9.94. The second-order valence-corrected chi connectivity index (χ2v) is 7.39. The molecule has 0 fully saturated rings. The number of methoxy groups -OCH3 is 2. The Bertz CT molecular complexity index is 1450. The number of hydrogen-bond donors (Lipinski definition) is 3. The Labute approximate surface area is 185 Å². The highest BCUT2D eigenvalue weighted by Gasteiger charge is 2.31. The van der Waals surface area contributed by atoms with Gasteiger partial charge in [0.2, 0.25) is 0 Å². The number of aromatic nitrogens is 3. The van der Waals surface area contributed by atoms with Crippen LogP contribution in [0.1, 0.15) is 21.0 Å². The van der Waals surface area contributed by atoms with E-state index in [9.17, 15) is 18.4 Å². The molecule has 0 aliphatic carbocycles. The molecule has 0 unspecified atom stereocenters. The number of carbonyl (C=O) groups excluding carboxylic acids is 2. The van der Waals surface area contributed by atoms with Crippen LogP contribution in [0, 0.1) is 11.6 Å². The average molecular weight is 449 g/mol. The van der Waals surface area contributed by atoms with Crippen molar-refractivity contribution < 1.29 is 27.8 Å². The number of rotatable bonds is 4. The van der Waals surface area contributed by atoms with E-state index in [4.69, 9.17) is 9.47 Å². The Hall–Kier alpha value is -4.40. The maximum absolute atomic E-state index is 14.1. The number of esters is 2. The second kappa shape index (κ2) is 7.63. The minimum atomic E-state index is -0.738. The van der Waals surface area contributed by atoms with Crippen LogP contribution in [0.2, 0.25) is 0 Å². The molecule has 3 aromatic heterocycles. The van der Waals surface area contributed by atoms with E-state index < -0.39 is 23.6 Å². The maximum Gasteiger partial charge on any atom is 0.355 e. The summed E-state index contributed by atoms with van der Waals surface area (Å²) >= 11 is 0. The van der Waals surface area contributed by atoms with Gasteiger partial charge in [0.1, 0.15) is 23.0 Å². The van der Waals surface area contributed by atoms with Crippen molar-refractivity contribution in [3.8, 4) is 22.3 Å². The molecule has 166 valence electrons. The third kappa shape index (κ3) is 3.16. The van der Waals surface area contributed by atoms with Crippen LogP contribution in [0.25, 0.3) is 44.1 Å². The Morgan fingerprint density at radius 1 is 0.727 bits per heavy atom. The van der Waals surface area contributed by atoms with Crippen LogP contribution in [0.15, 0.2) is 48.8 Å². The zero-order valence-electron chi connectivity index (χ0n) is 17.5. The van der Waals surface area contributed by atoms with Crippen molar-refractivity contribution in [2.45, 2.75) is 0 Å². The highest BCUT2D eigenvalue weighted by molar-refractivity contribution is 6.15. The Morgan fingerprint density at radius 2 is 1.15 bits per heavy atom. The van der Waals surface area contributed by atoms with Crippen LogP contribution in [-0.4, -0.2) is 41.1 Å². The highest BCUT2D eigenvalue weighted by Crippen LogP contribution is 2.44. The summed E-state index contributed by atoms with van der Waals surface area (Å²) in [5, 5.41) is 0.977. The molecule has 5 aromatic rings. The van der Waals surface area contributed by atoms with Crippen molar-refractivity contribution in [1.29, 1.82) is 0 Å². The lowest BCUT2D eigenvalue weighted by Gasteiger charge is -2.08. The summed E-state index contributed by atoms with van der Waals surface area (Å²) in [6.45, 7) is 0. The van der Waals surface area contributed by atoms with Crippen molar-refractivity contribution in [1.82, 2.24) is 15.0 Å². The molecule has 3 N–H and O–H groups in total. The molecule has 5 rings (SSSR count). The Kier molecular flexibility index (Phi) is 4.74. The van der Waals surface area contributed by atoms with Crippen LogP contribution in [0.5, 0.6) is 0 Å². The van der Waals surface area contributed by atoms with Gasteiger partial charge < -0.3 is 24.4 Å². The number of carbonyl (C=O) groups is 2. The summed E-state index contributed by atoms with van der Waals surface area (Å²) in [6.07, 6.45) is 3.22. The van der Waals surface area contributed by atoms with Gasteiger partial charge in [-0.05, 0) is 36.4 Å². The minimum absolute atomic E-state index is 0.0242. The third-order valence-corrected chi connectivity index (χ3v) is 5.61. The number of aromatic amines is 3. The summed E-state index contributed by atoms with van der Waals surface area (Å²) in [5.74, 6) is -2.42. The molecule has 0 aliphatic rings. The fourth-order valence-electron chi connectivity index (χ4n) is 4.15. The van der Waals surface area contributed by atoms with Gasteiger partial charge in [0.25, 0.3) is 0 Å². The van der Waals surface area contributed by atoms with Crippen molar-refractivity contribution in [2.75, 3.05) is 14.2 Å². The maximum atomic E-state index is 14.1. The van der Waals surface area contributed by atoms with Crippen LogP contribution in [0.4, 0.5) is 8.78 Å². The molecule has 0 bridgehead atoms. The number of hydrogen-bond acceptors (Lipinski definition) is 4. The Morgan fingerprint density at radius 3 is 1.55 bits per heavy atom. The van der Waals surface area contributed by atoms with E-state index in [0.29, 0.717) is 44.1 Å². The lowest BCUT2D eigenvalue weighted by Crippen LogP contribution is -2.06. The standard InChI is InChI=1S/C24H17F2N3O4/c1-32-23(30)21-19(15-9-27-17-5-3-11(25)7-13(15)17)20(22(29-21)24(31)33-2)16-10-28-18-6-4-12(26)8-14(16)18/h3-10,27-29H,1-2H3. The summed E-state index contributed by atoms with van der Waals surface area (Å²) in [4.78, 5) is 34.4. The summed E-state index contributed by atoms with van der Waals surface area (Å²) in [7, 11) is 2.42. The minimum Gasteiger partial charge on any atom is -0.464 e. The number of nitrogens with one attached hydrogen (secondary N) is 3. The molecular weight excluding hydrogens is 432 g/mol. The molecule has 0 saturated carbocycles. The zero-order valence-corrected chi connectivity index (χ0v) is 17.5. The first-order valence-electron chi connectivity index (χ1n) is 9.89. The van der Waals surface area contributed by atoms with Gasteiger partial charge in [0.05, 0.1) is 14.2 Å². The molecular formula is C24H17F2N3O4. The summed E-state index contributed by atoms with van der Waals surface area (Å²) in [5.41, 5.74) is 2.70. The predicted octanol–water partition coefficient (Wildman–Crippen LogP) is 5.16. The number of ether oxygens (including phenoxy) is 2. The second-order valence-electron chi connectivity index (χ2n) is 7.39. The van der Waals surface area contributed by atoms with Crippen molar-refractivity contribution in [2.24, 2.45) is 0 Å². The molecule has 33 heavy (non-hydrogen) atoms. The number of H-pyrrole nitrogens is 3. The topological polar surface area (TPSA) is 100.0 Å². The van der Waals surface area contributed by atoms with Crippen LogP contribution in [-0.2, 0) is 9.47 Å². The SMILES string of the molecule is COC(=O)c1[nH]c(C(=O)OC)c(-c2c[nH]c3ccc(F)cc23)c1-c1c[nH]c2ccc(F)cc12. The molecule has 0 amide bonds. The van der Waals surface area contributed by atoms with E-state index in [1.54, 1.807) is 24.5 Å². The first-order valence-corrected chi connectivity index (χ1v) is 9.89. The zero-order chi connectivity index (χ0) is 23.3. The van der Waals surface area contributed by atoms with Crippen LogP contribution < -0.4 is 0 Å². The summed E-state index contributed by atoms with van der Waals surface area (Å²) < 4.78 is 38.1. The lowest BCUT2D eigenvalue weighted by molar-refractivity contribution is 0.0591. The van der Waals surface area contributed by atoms with Gasteiger partial charge in [-0.15, -0.1) is 0 Å². The molecule has 0 aliphatic heterocycles. The van der Waals surface area contributed by atoms with Crippen LogP contribution >= 0.6 is 0 Å². The van der Waals surface area contributed by atoms with Crippen molar-refractivity contribution in [3.63, 3.8) is 0 Å². The first-order chi connectivity index (χ1) is 15.9. The monoisotopic (exact) mass is 449 g/mol. The van der Waals surface area contributed by atoms with E-state index in [-0.39, 0.29) is 11.4 Å². The largest absolute Gasteiger partial charge is 0.464 e. The van der Waals surface area contributed by atoms with Gasteiger partial charge in [0, 0.05) is 56.5 Å². The molecule has 9 heteroatoms. The number of fused-ring (bicyclic) bond motifs is 2. The van der Waals surface area contributed by atoms with E-state index in [1.807, 2.05) is 0 Å². The molecule has 0 atom stereocenters. The van der Waals surface area contributed by atoms with Gasteiger partial charge in [-0.25, -0.2) is 18.4 Å². The predicted molar refractivity (Wildman–Crippen MR) is 118 cm³/mol. The number of benzene rings is 2. The molecule has 0 saturated heterocycles. The fourth-order valence-corrected chi connectivity index (χ4v) is 4.15. The molecule has 0 radical (unpaired) electrons. The Balaban J connectivity index is 1.94. The molecule has 3 heterocycles. The van der Waals surface area contributed by atoms with Gasteiger partial charge >= 0.3 is 11.9 Å². The number of halogens is 2. The van der Waals surface area contributed by atoms with Crippen molar-refractivity contribution >= 4 is 33.7 Å². The molecule has 7 nitrogen and oxygen atoms in total. The van der Waals surface area contributed by atoms with Crippen LogP contribution in [0.3, 0.4) is 0 Å². The van der Waals surface area contributed by atoms with Crippen molar-refractivity contribution in [3.05, 3.63) is 71.8 Å². The normalized spacial score (nSPS) is 11.3. The smallest absolute Gasteiger partial charge is 0.355 e. The first kappa shape index (κ1) is 20.5. The van der Waals surface area contributed by atoms with E-state index in [2.05, 4.69) is 15.0 Å². The molecule has 2 aromatic carbocycles. The quantitative estimate of drug-likeness (QED) is 0.330. The van der Waals surface area contributed by atoms with Gasteiger partial charge in [-0.1, -0.05) is 0 Å². The van der Waals surface area contributed by atoms with E-state index >= 15 is 0 Å². The summed E-state index contributed by atoms with van der Waals surface area (Å²) in [6, 6.07) is 8.41. The van der Waals surface area contributed by atoms with Gasteiger partial charge in [0.15, 0.2) is 0 Å². The van der Waals surface area contributed by atoms with Gasteiger partial charge in [-0.2, -0.15) is 0 Å². The van der Waals surface area contributed by atoms with E-state index in [1.165, 1.54) is 38.5 Å². The van der Waals surface area contributed by atoms with Gasteiger partial charge in [-0.3, -0.25) is 0 Å². The fraction of sp³-hybridized carbons (Fsp3) is 0.0833. The van der Waals surface area contributed by atoms with E-state index in [0.717, 1.165) is 0 Å². The average Bonchev–Trinajstić information content (AvgIpc) is 3.51. The molecule has 0 spiro atoms.